The number of benzene rings is 2. The molecular weight excluding hydrogens is 294 g/mol. The van der Waals surface area contributed by atoms with Crippen molar-refractivity contribution in [2.24, 2.45) is 0 Å². The number of anilines is 1. The van der Waals surface area contributed by atoms with Crippen LogP contribution in [0.3, 0.4) is 0 Å². The van der Waals surface area contributed by atoms with Crippen molar-refractivity contribution in [1.29, 1.82) is 0 Å². The van der Waals surface area contributed by atoms with E-state index in [1.54, 1.807) is 30.3 Å². The molecule has 1 N–H and O–H groups in total. The van der Waals surface area contributed by atoms with Crippen molar-refractivity contribution in [1.82, 2.24) is 0 Å². The first-order valence-corrected chi connectivity index (χ1v) is 8.36. The van der Waals surface area contributed by atoms with Gasteiger partial charge in [-0.15, -0.1) is 0 Å². The largest absolute Gasteiger partial charge is 0.283 e. The van der Waals surface area contributed by atoms with Gasteiger partial charge in [0.15, 0.2) is 0 Å². The molecule has 0 saturated heterocycles. The second-order valence-electron chi connectivity index (χ2n) is 4.51. The predicted molar refractivity (Wildman–Crippen MR) is 85.6 cm³/mol. The van der Waals surface area contributed by atoms with Crippen LogP contribution < -0.4 is 4.72 Å². The van der Waals surface area contributed by atoms with Gasteiger partial charge in [-0.25, -0.2) is 8.42 Å². The molecule has 0 spiro atoms. The van der Waals surface area contributed by atoms with E-state index in [1.165, 1.54) is 0 Å². The lowest BCUT2D eigenvalue weighted by atomic mass is 10.1. The van der Waals surface area contributed by atoms with Gasteiger partial charge in [0.25, 0.3) is 0 Å². The summed E-state index contributed by atoms with van der Waals surface area (Å²) in [5, 5.41) is 0.651. The average molecular weight is 312 g/mol. The molecule has 0 bridgehead atoms. The molecule has 0 fully saturated rings. The van der Waals surface area contributed by atoms with E-state index in [9.17, 15) is 8.42 Å². The lowest BCUT2D eigenvalue weighted by molar-refractivity contribution is 0.600. The van der Waals surface area contributed by atoms with E-state index in [2.05, 4.69) is 4.72 Å². The van der Waals surface area contributed by atoms with Crippen molar-refractivity contribution in [2.45, 2.75) is 19.1 Å². The van der Waals surface area contributed by atoms with E-state index in [-0.39, 0.29) is 7.18 Å². The molecule has 0 aliphatic rings. The summed E-state index contributed by atoms with van der Waals surface area (Å²) in [5.74, 6) is -0.0437. The fraction of sp³-hybridized carbons (Fsp3) is 0.200. The predicted octanol–water partition coefficient (Wildman–Crippen LogP) is 4.09. The summed E-state index contributed by atoms with van der Waals surface area (Å²) in [7, 11) is -3.42. The van der Waals surface area contributed by atoms with Crippen LogP contribution >= 0.6 is 11.6 Å². The summed E-state index contributed by atoms with van der Waals surface area (Å²) in [6.45, 7) is 1.98. The third-order valence-corrected chi connectivity index (χ3v) is 4.53. The fourth-order valence-electron chi connectivity index (χ4n) is 1.92. The highest BCUT2D eigenvalue weighted by atomic mass is 35.5. The van der Waals surface area contributed by atoms with Crippen molar-refractivity contribution in [3.05, 3.63) is 64.7 Å². The summed E-state index contributed by atoms with van der Waals surface area (Å²) in [5.41, 5.74) is 2.22. The van der Waals surface area contributed by atoms with Crippen LogP contribution in [0.25, 0.3) is 0 Å². The summed E-state index contributed by atoms with van der Waals surface area (Å²) in [6, 6.07) is 14.2. The monoisotopic (exact) mass is 311 g/mol. The summed E-state index contributed by atoms with van der Waals surface area (Å²) in [6.07, 6.45) is 0.757. The molecule has 0 unspecified atom stereocenters. The Labute approximate surface area is 126 Å². The van der Waals surface area contributed by atoms with Gasteiger partial charge in [-0.05, 0) is 35.7 Å². The van der Waals surface area contributed by atoms with E-state index < -0.39 is 10.0 Å². The first-order chi connectivity index (χ1) is 9.50. The van der Waals surface area contributed by atoms with Crippen molar-refractivity contribution in [2.75, 3.05) is 4.72 Å². The summed E-state index contributed by atoms with van der Waals surface area (Å²) < 4.78 is 26.8. The Bertz CT molecular complexity index is 690. The molecule has 20 heavy (non-hydrogen) atoms. The fourth-order valence-corrected chi connectivity index (χ4v) is 3.36. The third kappa shape index (κ3) is 3.99. The first kappa shape index (κ1) is 14.9. The van der Waals surface area contributed by atoms with Gasteiger partial charge >= 0.3 is 0 Å². The topological polar surface area (TPSA) is 46.2 Å². The Morgan fingerprint density at radius 1 is 1.15 bits per heavy atom. The van der Waals surface area contributed by atoms with Crippen molar-refractivity contribution in [3.8, 4) is 0 Å². The van der Waals surface area contributed by atoms with Crippen LogP contribution in [-0.2, 0) is 22.2 Å². The molecule has 0 aliphatic heterocycles. The standard InChI is InChI=1S/C15H16ClNO2S.H2/c1-2-13-10-14(8-9-15(13)16)17-20(18,19)11-12-6-4-3-5-7-12;/h3-10,17H,2,11H2,1H3;1H. The van der Waals surface area contributed by atoms with Crippen LogP contribution in [0.4, 0.5) is 5.69 Å². The molecular formula is C15H18ClNO2S. The second-order valence-corrected chi connectivity index (χ2v) is 6.64. The number of hydrogen-bond donors (Lipinski definition) is 1. The van der Waals surface area contributed by atoms with Crippen LogP contribution in [-0.4, -0.2) is 8.42 Å². The van der Waals surface area contributed by atoms with Gasteiger partial charge in [0.2, 0.25) is 10.0 Å². The zero-order valence-electron chi connectivity index (χ0n) is 11.1. The minimum absolute atomic E-state index is 0. The van der Waals surface area contributed by atoms with E-state index in [0.717, 1.165) is 17.5 Å². The zero-order chi connectivity index (χ0) is 14.6. The highest BCUT2D eigenvalue weighted by Gasteiger charge is 2.12. The molecule has 2 aromatic rings. The summed E-state index contributed by atoms with van der Waals surface area (Å²) >= 11 is 6.02. The second kappa shape index (κ2) is 6.29. The average Bonchev–Trinajstić information content (AvgIpc) is 2.41. The van der Waals surface area contributed by atoms with Gasteiger partial charge in [0.05, 0.1) is 5.75 Å². The molecule has 108 valence electrons. The Morgan fingerprint density at radius 2 is 1.85 bits per heavy atom. The van der Waals surface area contributed by atoms with Gasteiger partial charge < -0.3 is 0 Å². The molecule has 2 aromatic carbocycles. The number of sulfonamides is 1. The van der Waals surface area contributed by atoms with Crippen molar-refractivity contribution in [3.63, 3.8) is 0 Å². The Balaban J connectivity index is 0.00000220. The maximum atomic E-state index is 12.1. The quantitative estimate of drug-likeness (QED) is 0.904. The molecule has 5 heteroatoms. The van der Waals surface area contributed by atoms with E-state index in [1.807, 2.05) is 25.1 Å². The van der Waals surface area contributed by atoms with Gasteiger partial charge in [0, 0.05) is 12.1 Å². The van der Waals surface area contributed by atoms with Crippen LogP contribution in [0.15, 0.2) is 48.5 Å². The normalized spacial score (nSPS) is 11.3. The molecule has 3 nitrogen and oxygen atoms in total. The Kier molecular flexibility index (Phi) is 4.68. The van der Waals surface area contributed by atoms with Crippen LogP contribution in [0.2, 0.25) is 5.02 Å². The van der Waals surface area contributed by atoms with Crippen molar-refractivity contribution >= 4 is 27.3 Å². The maximum Gasteiger partial charge on any atom is 0.236 e. The zero-order valence-corrected chi connectivity index (χ0v) is 12.7. The van der Waals surface area contributed by atoms with E-state index >= 15 is 0 Å². The van der Waals surface area contributed by atoms with Crippen LogP contribution in [0.5, 0.6) is 0 Å². The van der Waals surface area contributed by atoms with Crippen molar-refractivity contribution < 1.29 is 9.84 Å². The third-order valence-electron chi connectivity index (χ3n) is 2.90. The lowest BCUT2D eigenvalue weighted by Crippen LogP contribution is -2.15. The number of hydrogen-bond acceptors (Lipinski definition) is 2. The Morgan fingerprint density at radius 3 is 2.50 bits per heavy atom. The van der Waals surface area contributed by atoms with E-state index in [4.69, 9.17) is 11.6 Å². The number of aryl methyl sites for hydroxylation is 1. The maximum absolute atomic E-state index is 12.1. The number of rotatable bonds is 5. The smallest absolute Gasteiger partial charge is 0.236 e. The van der Waals surface area contributed by atoms with Crippen LogP contribution in [0.1, 0.15) is 19.5 Å². The number of halogens is 1. The minimum Gasteiger partial charge on any atom is -0.283 e. The number of nitrogens with one attached hydrogen (secondary N) is 1. The van der Waals surface area contributed by atoms with Crippen LogP contribution in [0, 0.1) is 0 Å². The molecule has 0 atom stereocenters. The lowest BCUT2D eigenvalue weighted by Gasteiger charge is -2.10. The molecule has 0 radical (unpaired) electrons. The van der Waals surface area contributed by atoms with Gasteiger partial charge in [-0.3, -0.25) is 4.72 Å². The Hall–Kier alpha value is -1.52. The van der Waals surface area contributed by atoms with Gasteiger partial charge in [-0.1, -0.05) is 48.9 Å². The first-order valence-electron chi connectivity index (χ1n) is 6.33. The molecule has 0 aliphatic carbocycles. The minimum atomic E-state index is -3.42. The molecule has 0 heterocycles. The molecule has 0 saturated carbocycles. The highest BCUT2D eigenvalue weighted by Crippen LogP contribution is 2.22. The SMILES string of the molecule is CCc1cc(NS(=O)(=O)Cc2ccccc2)ccc1Cl.[HH]. The molecule has 0 aromatic heterocycles. The van der Waals surface area contributed by atoms with Gasteiger partial charge in [-0.2, -0.15) is 0 Å². The molecule has 2 rings (SSSR count). The highest BCUT2D eigenvalue weighted by molar-refractivity contribution is 7.91. The van der Waals surface area contributed by atoms with E-state index in [0.29, 0.717) is 10.7 Å². The molecule has 0 amide bonds. The van der Waals surface area contributed by atoms with Gasteiger partial charge in [0.1, 0.15) is 0 Å². The summed E-state index contributed by atoms with van der Waals surface area (Å²) in [4.78, 5) is 0.